The Morgan fingerprint density at radius 3 is 3.24 bits per heavy atom. The van der Waals surface area contributed by atoms with Crippen molar-refractivity contribution in [2.24, 2.45) is 0 Å². The van der Waals surface area contributed by atoms with Gasteiger partial charge in [0, 0.05) is 12.4 Å². The lowest BCUT2D eigenvalue weighted by Gasteiger charge is -2.20. The first-order chi connectivity index (χ1) is 8.22. The summed E-state index contributed by atoms with van der Waals surface area (Å²) in [6.45, 7) is 2.03. The molecule has 7 heteroatoms. The lowest BCUT2D eigenvalue weighted by molar-refractivity contribution is -0.148. The molecule has 6 nitrogen and oxygen atoms in total. The Labute approximate surface area is 103 Å². The normalized spacial score (nSPS) is 19.7. The number of imidazole rings is 1. The highest BCUT2D eigenvalue weighted by Gasteiger charge is 2.35. The van der Waals surface area contributed by atoms with Gasteiger partial charge in [-0.25, -0.2) is 4.98 Å². The van der Waals surface area contributed by atoms with E-state index in [0.717, 1.165) is 0 Å². The zero-order valence-corrected chi connectivity index (χ0v) is 10.2. The van der Waals surface area contributed by atoms with E-state index >= 15 is 0 Å². The van der Waals surface area contributed by atoms with Crippen molar-refractivity contribution >= 4 is 23.6 Å². The fourth-order valence-electron chi connectivity index (χ4n) is 1.61. The number of hydrogen-bond acceptors (Lipinski definition) is 5. The van der Waals surface area contributed by atoms with E-state index in [0.29, 0.717) is 18.2 Å². The van der Waals surface area contributed by atoms with Crippen molar-refractivity contribution in [3.63, 3.8) is 0 Å². The van der Waals surface area contributed by atoms with E-state index in [1.807, 2.05) is 0 Å². The Hall–Kier alpha value is -1.50. The van der Waals surface area contributed by atoms with Crippen molar-refractivity contribution in [3.8, 4) is 0 Å². The average Bonchev–Trinajstić information content (AvgIpc) is 2.90. The molecule has 2 heterocycles. The monoisotopic (exact) mass is 255 g/mol. The van der Waals surface area contributed by atoms with E-state index in [1.54, 1.807) is 19.3 Å². The van der Waals surface area contributed by atoms with Crippen LogP contribution in [0, 0.1) is 0 Å². The number of nitrogens with zero attached hydrogens (tertiary/aromatic N) is 2. The number of esters is 1. The zero-order valence-electron chi connectivity index (χ0n) is 9.38. The van der Waals surface area contributed by atoms with Crippen molar-refractivity contribution in [1.29, 1.82) is 0 Å². The molecule has 1 unspecified atom stereocenters. The molecular formula is C10H13N3O3S. The highest BCUT2D eigenvalue weighted by Crippen LogP contribution is 2.36. The molecule has 0 bridgehead atoms. The standard InChI is InChI=1S/C10H13N3O3S/c1-2-16-8(15)5-13-7(14)6-17-10(13)9-11-3-4-12-9/h3-4,10H,2,5-6H2,1H3,(H,11,12). The topological polar surface area (TPSA) is 75.3 Å². The Bertz CT molecular complexity index is 407. The van der Waals surface area contributed by atoms with Gasteiger partial charge in [0.15, 0.2) is 0 Å². The van der Waals surface area contributed by atoms with Gasteiger partial charge in [0.1, 0.15) is 17.7 Å². The van der Waals surface area contributed by atoms with Gasteiger partial charge in [0.25, 0.3) is 0 Å². The number of amides is 1. The number of thioether (sulfide) groups is 1. The van der Waals surface area contributed by atoms with Crippen molar-refractivity contribution in [2.75, 3.05) is 18.9 Å². The van der Waals surface area contributed by atoms with Crippen LogP contribution in [0.3, 0.4) is 0 Å². The number of aromatic amines is 1. The van der Waals surface area contributed by atoms with Crippen LogP contribution in [0.5, 0.6) is 0 Å². The van der Waals surface area contributed by atoms with E-state index in [2.05, 4.69) is 9.97 Å². The number of H-pyrrole nitrogens is 1. The molecule has 1 N–H and O–H groups in total. The minimum absolute atomic E-state index is 0.0228. The number of aromatic nitrogens is 2. The summed E-state index contributed by atoms with van der Waals surface area (Å²) in [4.78, 5) is 31.6. The summed E-state index contributed by atoms with van der Waals surface area (Å²) in [5.74, 6) is 0.597. The third-order valence-corrected chi connectivity index (χ3v) is 3.53. The molecule has 1 aliphatic heterocycles. The van der Waals surface area contributed by atoms with Gasteiger partial charge in [-0.2, -0.15) is 0 Å². The number of hydrogen-bond donors (Lipinski definition) is 1. The van der Waals surface area contributed by atoms with Gasteiger partial charge in [-0.05, 0) is 6.92 Å². The maximum atomic E-state index is 11.7. The Kier molecular flexibility index (Phi) is 3.68. The molecule has 0 radical (unpaired) electrons. The predicted molar refractivity (Wildman–Crippen MR) is 62.1 cm³/mol. The van der Waals surface area contributed by atoms with E-state index in [-0.39, 0.29) is 23.8 Å². The highest BCUT2D eigenvalue weighted by atomic mass is 32.2. The second-order valence-electron chi connectivity index (χ2n) is 3.46. The molecule has 0 aromatic carbocycles. The maximum absolute atomic E-state index is 11.7. The lowest BCUT2D eigenvalue weighted by atomic mass is 10.4. The second kappa shape index (κ2) is 5.22. The van der Waals surface area contributed by atoms with Gasteiger partial charge in [-0.15, -0.1) is 11.8 Å². The number of carbonyl (C=O) groups is 2. The third-order valence-electron chi connectivity index (χ3n) is 2.33. The summed E-state index contributed by atoms with van der Waals surface area (Å²) in [6.07, 6.45) is 3.32. The molecule has 2 rings (SSSR count). The molecule has 1 aromatic heterocycles. The second-order valence-corrected chi connectivity index (χ2v) is 4.53. The fraction of sp³-hybridized carbons (Fsp3) is 0.500. The molecule has 92 valence electrons. The quantitative estimate of drug-likeness (QED) is 0.795. The summed E-state index contributed by atoms with van der Waals surface area (Å²) >= 11 is 1.45. The van der Waals surface area contributed by atoms with Gasteiger partial charge < -0.3 is 14.6 Å². The summed E-state index contributed by atoms with van der Waals surface area (Å²) < 4.78 is 4.85. The van der Waals surface area contributed by atoms with Crippen LogP contribution < -0.4 is 0 Å². The average molecular weight is 255 g/mol. The summed E-state index contributed by atoms with van der Waals surface area (Å²) in [7, 11) is 0. The van der Waals surface area contributed by atoms with Gasteiger partial charge in [-0.1, -0.05) is 0 Å². The van der Waals surface area contributed by atoms with Crippen molar-refractivity contribution < 1.29 is 14.3 Å². The minimum atomic E-state index is -0.389. The number of nitrogens with one attached hydrogen (secondary N) is 1. The van der Waals surface area contributed by atoms with Crippen LogP contribution >= 0.6 is 11.8 Å². The number of rotatable bonds is 4. The van der Waals surface area contributed by atoms with Gasteiger partial charge >= 0.3 is 5.97 Å². The molecule has 0 spiro atoms. The fourth-order valence-corrected chi connectivity index (χ4v) is 2.73. The molecule has 17 heavy (non-hydrogen) atoms. The van der Waals surface area contributed by atoms with Crippen molar-refractivity contribution in [1.82, 2.24) is 14.9 Å². The first-order valence-corrected chi connectivity index (χ1v) is 6.33. The van der Waals surface area contributed by atoms with Crippen LogP contribution in [-0.4, -0.2) is 45.6 Å². The molecule has 0 saturated carbocycles. The van der Waals surface area contributed by atoms with Crippen molar-refractivity contribution in [3.05, 3.63) is 18.2 Å². The summed E-state index contributed by atoms with van der Waals surface area (Å²) in [6, 6.07) is 0. The highest BCUT2D eigenvalue weighted by molar-refractivity contribution is 8.00. The molecule has 1 atom stereocenters. The number of ether oxygens (including phenoxy) is 1. The van der Waals surface area contributed by atoms with Gasteiger partial charge in [0.2, 0.25) is 5.91 Å². The van der Waals surface area contributed by atoms with Crippen LogP contribution in [0.25, 0.3) is 0 Å². The Balaban J connectivity index is 2.07. The van der Waals surface area contributed by atoms with Crippen LogP contribution in [-0.2, 0) is 14.3 Å². The minimum Gasteiger partial charge on any atom is -0.465 e. The molecule has 1 aromatic rings. The van der Waals surface area contributed by atoms with Crippen LogP contribution in [0.4, 0.5) is 0 Å². The smallest absolute Gasteiger partial charge is 0.325 e. The van der Waals surface area contributed by atoms with Crippen molar-refractivity contribution in [2.45, 2.75) is 12.3 Å². The lowest BCUT2D eigenvalue weighted by Crippen LogP contribution is -2.34. The molecule has 1 saturated heterocycles. The Morgan fingerprint density at radius 2 is 2.59 bits per heavy atom. The van der Waals surface area contributed by atoms with Crippen LogP contribution in [0.15, 0.2) is 12.4 Å². The molecular weight excluding hydrogens is 242 g/mol. The first-order valence-electron chi connectivity index (χ1n) is 5.28. The van der Waals surface area contributed by atoms with E-state index in [1.165, 1.54) is 16.7 Å². The summed E-state index contributed by atoms with van der Waals surface area (Å²) in [5, 5.41) is -0.220. The first kappa shape index (κ1) is 12.0. The van der Waals surface area contributed by atoms with Gasteiger partial charge in [-0.3, -0.25) is 9.59 Å². The molecule has 1 aliphatic rings. The zero-order chi connectivity index (χ0) is 12.3. The number of carbonyl (C=O) groups excluding carboxylic acids is 2. The van der Waals surface area contributed by atoms with E-state index in [9.17, 15) is 9.59 Å². The van der Waals surface area contributed by atoms with Crippen LogP contribution in [0.2, 0.25) is 0 Å². The van der Waals surface area contributed by atoms with E-state index in [4.69, 9.17) is 4.74 Å². The third kappa shape index (κ3) is 2.60. The Morgan fingerprint density at radius 1 is 1.76 bits per heavy atom. The molecule has 1 amide bonds. The predicted octanol–water partition coefficient (Wildman–Crippen LogP) is 0.547. The maximum Gasteiger partial charge on any atom is 0.325 e. The van der Waals surface area contributed by atoms with Gasteiger partial charge in [0.05, 0.1) is 12.4 Å². The largest absolute Gasteiger partial charge is 0.465 e. The summed E-state index contributed by atoms with van der Waals surface area (Å²) in [5.41, 5.74) is 0. The van der Waals surface area contributed by atoms with E-state index < -0.39 is 0 Å². The molecule has 1 fully saturated rings. The van der Waals surface area contributed by atoms with Crippen LogP contribution in [0.1, 0.15) is 18.1 Å². The molecule has 0 aliphatic carbocycles. The SMILES string of the molecule is CCOC(=O)CN1C(=O)CSC1c1ncc[nH]1.